The summed E-state index contributed by atoms with van der Waals surface area (Å²) < 4.78 is 8.26. The zero-order valence-corrected chi connectivity index (χ0v) is 13.0. The Labute approximate surface area is 126 Å². The molecule has 0 saturated carbocycles. The van der Waals surface area contributed by atoms with E-state index in [2.05, 4.69) is 22.5 Å². The molecule has 3 rings (SSSR count). The van der Waals surface area contributed by atoms with Gasteiger partial charge in [-0.2, -0.15) is 0 Å². The largest absolute Gasteiger partial charge is 0.489 e. The van der Waals surface area contributed by atoms with Crippen molar-refractivity contribution in [2.45, 2.75) is 26.0 Å². The summed E-state index contributed by atoms with van der Waals surface area (Å²) in [6.07, 6.45) is 3.67. The van der Waals surface area contributed by atoms with E-state index in [0.717, 1.165) is 16.2 Å². The quantitative estimate of drug-likeness (QED) is 0.786. The van der Waals surface area contributed by atoms with Gasteiger partial charge in [-0.05, 0) is 43.0 Å². The summed E-state index contributed by atoms with van der Waals surface area (Å²) in [6, 6.07) is 6.14. The molecule has 1 atom stereocenters. The van der Waals surface area contributed by atoms with Crippen molar-refractivity contribution in [1.29, 1.82) is 0 Å². The first-order valence-corrected chi connectivity index (χ1v) is 8.17. The lowest BCUT2D eigenvalue weighted by atomic mass is 10.1. The number of nitrogens with zero attached hydrogens (tertiary/aromatic N) is 1. The van der Waals surface area contributed by atoms with Crippen molar-refractivity contribution in [2.75, 3.05) is 0 Å². The topological polar surface area (TPSA) is 48.1 Å². The number of ether oxygens (including phenoxy) is 1. The SMILES string of the molecule is CC(C)Oc1cncc(C(N)c2cc3sccc3s2)c1. The van der Waals surface area contributed by atoms with Crippen molar-refractivity contribution in [1.82, 2.24) is 4.98 Å². The van der Waals surface area contributed by atoms with E-state index in [1.807, 2.05) is 26.1 Å². The van der Waals surface area contributed by atoms with Crippen LogP contribution < -0.4 is 10.5 Å². The molecule has 3 heterocycles. The van der Waals surface area contributed by atoms with Crippen LogP contribution in [-0.2, 0) is 0 Å². The van der Waals surface area contributed by atoms with Crippen molar-refractivity contribution >= 4 is 32.1 Å². The number of rotatable bonds is 4. The molecule has 3 nitrogen and oxygen atoms in total. The van der Waals surface area contributed by atoms with Gasteiger partial charge >= 0.3 is 0 Å². The number of hydrogen-bond acceptors (Lipinski definition) is 5. The van der Waals surface area contributed by atoms with E-state index in [1.165, 1.54) is 9.40 Å². The number of hydrogen-bond donors (Lipinski definition) is 1. The molecular weight excluding hydrogens is 288 g/mol. The molecule has 0 aromatic carbocycles. The first kappa shape index (κ1) is 13.5. The van der Waals surface area contributed by atoms with Crippen molar-refractivity contribution < 1.29 is 4.74 Å². The summed E-state index contributed by atoms with van der Waals surface area (Å²) in [4.78, 5) is 5.39. The van der Waals surface area contributed by atoms with Crippen LogP contribution in [0.1, 0.15) is 30.3 Å². The van der Waals surface area contributed by atoms with Gasteiger partial charge in [0.15, 0.2) is 0 Å². The van der Waals surface area contributed by atoms with Crippen LogP contribution in [0, 0.1) is 0 Å². The van der Waals surface area contributed by atoms with E-state index in [4.69, 9.17) is 10.5 Å². The Morgan fingerprint density at radius 2 is 2.05 bits per heavy atom. The lowest BCUT2D eigenvalue weighted by Gasteiger charge is -2.13. The summed E-state index contributed by atoms with van der Waals surface area (Å²) in [7, 11) is 0. The fraction of sp³-hybridized carbons (Fsp3) is 0.267. The summed E-state index contributed by atoms with van der Waals surface area (Å²) in [6.45, 7) is 4.00. The molecule has 104 valence electrons. The van der Waals surface area contributed by atoms with Crippen molar-refractivity contribution in [2.24, 2.45) is 5.73 Å². The molecule has 1 unspecified atom stereocenters. The molecule has 20 heavy (non-hydrogen) atoms. The molecule has 0 bridgehead atoms. The number of thiophene rings is 2. The second kappa shape index (κ2) is 5.52. The average Bonchev–Trinajstić information content (AvgIpc) is 2.98. The Kier molecular flexibility index (Phi) is 3.74. The molecule has 0 aliphatic heterocycles. The number of fused-ring (bicyclic) bond motifs is 1. The highest BCUT2D eigenvalue weighted by Crippen LogP contribution is 2.35. The third-order valence-corrected chi connectivity index (χ3v) is 5.11. The molecule has 5 heteroatoms. The van der Waals surface area contributed by atoms with E-state index in [1.54, 1.807) is 28.9 Å². The molecule has 0 saturated heterocycles. The number of pyridine rings is 1. The Balaban J connectivity index is 1.89. The molecule has 0 radical (unpaired) electrons. The lowest BCUT2D eigenvalue weighted by molar-refractivity contribution is 0.241. The predicted molar refractivity (Wildman–Crippen MR) is 85.7 cm³/mol. The van der Waals surface area contributed by atoms with E-state index in [0.29, 0.717) is 0 Å². The second-order valence-electron chi connectivity index (χ2n) is 4.90. The molecule has 0 amide bonds. The molecule has 3 aromatic rings. The van der Waals surface area contributed by atoms with E-state index >= 15 is 0 Å². The third-order valence-electron chi connectivity index (χ3n) is 2.93. The molecule has 0 spiro atoms. The minimum atomic E-state index is -0.150. The van der Waals surface area contributed by atoms with Gasteiger partial charge in [0.1, 0.15) is 5.75 Å². The normalized spacial score (nSPS) is 13.0. The maximum absolute atomic E-state index is 6.36. The number of nitrogens with two attached hydrogens (primary N) is 1. The van der Waals surface area contributed by atoms with Crippen LogP contribution in [0.5, 0.6) is 5.75 Å². The summed E-state index contributed by atoms with van der Waals surface area (Å²) in [5.74, 6) is 0.770. The van der Waals surface area contributed by atoms with Crippen LogP contribution in [-0.4, -0.2) is 11.1 Å². The molecule has 0 aliphatic rings. The van der Waals surface area contributed by atoms with Crippen molar-refractivity contribution in [3.63, 3.8) is 0 Å². The Hall–Kier alpha value is -1.43. The van der Waals surface area contributed by atoms with Gasteiger partial charge < -0.3 is 10.5 Å². The van der Waals surface area contributed by atoms with Crippen LogP contribution in [0.15, 0.2) is 36.0 Å². The highest BCUT2D eigenvalue weighted by Gasteiger charge is 2.14. The first-order valence-electron chi connectivity index (χ1n) is 6.47. The van der Waals surface area contributed by atoms with E-state index in [9.17, 15) is 0 Å². The standard InChI is InChI=1S/C15H16N2OS2/c1-9(2)18-11-5-10(7-17-8-11)15(16)14-6-13-12(20-14)3-4-19-13/h3-9,15H,16H2,1-2H3. The smallest absolute Gasteiger partial charge is 0.138 e. The maximum Gasteiger partial charge on any atom is 0.138 e. The van der Waals surface area contributed by atoms with Crippen molar-refractivity contribution in [3.8, 4) is 5.75 Å². The van der Waals surface area contributed by atoms with Crippen LogP contribution in [0.25, 0.3) is 9.40 Å². The average molecular weight is 304 g/mol. The van der Waals surface area contributed by atoms with Gasteiger partial charge in [0.05, 0.1) is 18.3 Å². The van der Waals surface area contributed by atoms with Gasteiger partial charge in [-0.15, -0.1) is 22.7 Å². The van der Waals surface area contributed by atoms with Crippen molar-refractivity contribution in [3.05, 3.63) is 46.4 Å². The van der Waals surface area contributed by atoms with Gasteiger partial charge in [0.2, 0.25) is 0 Å². The summed E-state index contributed by atoms with van der Waals surface area (Å²) >= 11 is 3.49. The van der Waals surface area contributed by atoms with Gasteiger partial charge in [-0.3, -0.25) is 4.98 Å². The molecular formula is C15H16N2OS2. The van der Waals surface area contributed by atoms with E-state index < -0.39 is 0 Å². The fourth-order valence-corrected chi connectivity index (χ4v) is 4.19. The fourth-order valence-electron chi connectivity index (χ4n) is 2.04. The molecule has 2 N–H and O–H groups in total. The zero-order valence-electron chi connectivity index (χ0n) is 11.4. The minimum absolute atomic E-state index is 0.135. The Bertz CT molecular complexity index is 689. The van der Waals surface area contributed by atoms with Gasteiger partial charge in [-0.1, -0.05) is 0 Å². The highest BCUT2D eigenvalue weighted by molar-refractivity contribution is 7.27. The second-order valence-corrected chi connectivity index (χ2v) is 6.96. The van der Waals surface area contributed by atoms with Crippen LogP contribution in [0.3, 0.4) is 0 Å². The lowest BCUT2D eigenvalue weighted by Crippen LogP contribution is -2.12. The van der Waals surface area contributed by atoms with Crippen LogP contribution in [0.2, 0.25) is 0 Å². The summed E-state index contributed by atoms with van der Waals surface area (Å²) in [5, 5.41) is 2.11. The van der Waals surface area contributed by atoms with Crippen LogP contribution >= 0.6 is 22.7 Å². The predicted octanol–water partition coefficient (Wildman–Crippen LogP) is 4.19. The molecule has 3 aromatic heterocycles. The van der Waals surface area contributed by atoms with Crippen LogP contribution in [0.4, 0.5) is 0 Å². The third kappa shape index (κ3) is 2.70. The highest BCUT2D eigenvalue weighted by atomic mass is 32.1. The zero-order chi connectivity index (χ0) is 14.1. The number of aromatic nitrogens is 1. The Morgan fingerprint density at radius 1 is 1.20 bits per heavy atom. The van der Waals surface area contributed by atoms with E-state index in [-0.39, 0.29) is 12.1 Å². The van der Waals surface area contributed by atoms with Gasteiger partial charge in [0, 0.05) is 20.5 Å². The molecule has 0 fully saturated rings. The monoisotopic (exact) mass is 304 g/mol. The maximum atomic E-state index is 6.36. The van der Waals surface area contributed by atoms with Gasteiger partial charge in [-0.25, -0.2) is 0 Å². The Morgan fingerprint density at radius 3 is 2.80 bits per heavy atom. The molecule has 0 aliphatic carbocycles. The first-order chi connectivity index (χ1) is 9.63. The summed E-state index contributed by atoms with van der Waals surface area (Å²) in [5.41, 5.74) is 7.34. The van der Waals surface area contributed by atoms with Gasteiger partial charge in [0.25, 0.3) is 0 Å². The minimum Gasteiger partial charge on any atom is -0.489 e.